The molecule has 1 aliphatic rings. The average molecular weight is 551 g/mol. The van der Waals surface area contributed by atoms with E-state index in [2.05, 4.69) is 82.7 Å². The van der Waals surface area contributed by atoms with Crippen LogP contribution in [0.1, 0.15) is 66.8 Å². The lowest BCUT2D eigenvalue weighted by molar-refractivity contribution is -0.142. The van der Waals surface area contributed by atoms with E-state index in [-0.39, 0.29) is 40.9 Å². The number of nitrogens with zero attached hydrogens (tertiary/aromatic N) is 4. The Balaban J connectivity index is 1.89. The highest BCUT2D eigenvalue weighted by atomic mass is 28.4. The van der Waals surface area contributed by atoms with Crippen LogP contribution in [0.4, 0.5) is 0 Å². The number of esters is 1. The minimum absolute atomic E-state index is 0.0511. The lowest BCUT2D eigenvalue weighted by Gasteiger charge is -2.40. The lowest BCUT2D eigenvalue weighted by atomic mass is 10.2. The summed E-state index contributed by atoms with van der Waals surface area (Å²) in [4.78, 5) is 25.4. The van der Waals surface area contributed by atoms with Crippen molar-refractivity contribution in [3.05, 3.63) is 18.3 Å². The first kappa shape index (κ1) is 29.9. The van der Waals surface area contributed by atoms with Gasteiger partial charge in [0.2, 0.25) is 0 Å². The van der Waals surface area contributed by atoms with Gasteiger partial charge in [-0.25, -0.2) is 15.0 Å². The van der Waals surface area contributed by atoms with Gasteiger partial charge in [0.1, 0.15) is 24.2 Å². The summed E-state index contributed by atoms with van der Waals surface area (Å²) in [7, 11) is -4.02. The number of rotatable bonds is 9. The molecule has 0 saturated carbocycles. The zero-order chi connectivity index (χ0) is 27.8. The zero-order valence-electron chi connectivity index (χ0n) is 24.5. The normalized spacial score (nSPS) is 21.5. The molecule has 3 heterocycles. The third kappa shape index (κ3) is 6.67. The van der Waals surface area contributed by atoms with Gasteiger partial charge in [-0.15, -0.1) is 0 Å². The van der Waals surface area contributed by atoms with Gasteiger partial charge in [-0.1, -0.05) is 41.5 Å². The predicted molar refractivity (Wildman–Crippen MR) is 149 cm³/mol. The van der Waals surface area contributed by atoms with Crippen LogP contribution in [0.25, 0.3) is 11.2 Å². The molecule has 2 aromatic heterocycles. The van der Waals surface area contributed by atoms with Gasteiger partial charge in [0.15, 0.2) is 22.3 Å². The topological polar surface area (TPSA) is 97.6 Å². The maximum absolute atomic E-state index is 12.1. The van der Waals surface area contributed by atoms with Crippen LogP contribution in [0.3, 0.4) is 0 Å². The van der Waals surface area contributed by atoms with Crippen LogP contribution >= 0.6 is 0 Å². The highest BCUT2D eigenvalue weighted by Crippen LogP contribution is 2.42. The Hall–Kier alpha value is -1.67. The number of fused-ring (bicyclic) bond motifs is 1. The summed E-state index contributed by atoms with van der Waals surface area (Å²) >= 11 is 0. The van der Waals surface area contributed by atoms with E-state index in [1.165, 1.54) is 6.33 Å². The molecule has 0 aliphatic carbocycles. The maximum Gasteiger partial charge on any atom is 0.311 e. The third-order valence-electron chi connectivity index (χ3n) is 8.21. The molecule has 1 fully saturated rings. The average Bonchev–Trinajstić information content (AvgIpc) is 3.35. The number of ether oxygens (including phenoxy) is 2. The molecule has 3 atom stereocenters. The van der Waals surface area contributed by atoms with Crippen molar-refractivity contribution in [2.75, 3.05) is 13.2 Å². The molecule has 0 unspecified atom stereocenters. The van der Waals surface area contributed by atoms with E-state index in [4.69, 9.17) is 18.3 Å². The smallest absolute Gasteiger partial charge is 0.311 e. The predicted octanol–water partition coefficient (Wildman–Crippen LogP) is 5.63. The molecule has 208 valence electrons. The van der Waals surface area contributed by atoms with Gasteiger partial charge in [-0.05, 0) is 43.2 Å². The summed E-state index contributed by atoms with van der Waals surface area (Å²) < 4.78 is 27.1. The molecule has 2 aromatic rings. The second kappa shape index (κ2) is 10.8. The molecule has 0 radical (unpaired) electrons. The Kier molecular flexibility index (Phi) is 8.75. The summed E-state index contributed by atoms with van der Waals surface area (Å²) in [6, 6.07) is 0. The molecule has 1 saturated heterocycles. The monoisotopic (exact) mass is 550 g/mol. The number of aromatic nitrogens is 4. The summed E-state index contributed by atoms with van der Waals surface area (Å²) in [5, 5.41) is 0.181. The van der Waals surface area contributed by atoms with E-state index in [0.717, 1.165) is 0 Å². The van der Waals surface area contributed by atoms with Crippen LogP contribution in [0.5, 0.6) is 0 Å². The Morgan fingerprint density at radius 1 is 1.05 bits per heavy atom. The van der Waals surface area contributed by atoms with Crippen molar-refractivity contribution in [3.8, 4) is 0 Å². The molecule has 0 aromatic carbocycles. The minimum Gasteiger partial charge on any atom is -0.466 e. The summed E-state index contributed by atoms with van der Waals surface area (Å²) in [5.41, 5.74) is 1.77. The van der Waals surface area contributed by atoms with E-state index in [9.17, 15) is 4.79 Å². The van der Waals surface area contributed by atoms with E-state index < -0.39 is 16.6 Å². The number of carbonyl (C=O) groups is 1. The molecule has 1 aliphatic heterocycles. The van der Waals surface area contributed by atoms with Crippen molar-refractivity contribution < 1.29 is 23.1 Å². The highest BCUT2D eigenvalue weighted by molar-refractivity contribution is 6.74. The van der Waals surface area contributed by atoms with Gasteiger partial charge in [-0.2, -0.15) is 0 Å². The molecule has 37 heavy (non-hydrogen) atoms. The van der Waals surface area contributed by atoms with Gasteiger partial charge in [0.05, 0.1) is 37.8 Å². The van der Waals surface area contributed by atoms with Gasteiger partial charge < -0.3 is 18.3 Å². The van der Waals surface area contributed by atoms with Crippen molar-refractivity contribution in [1.29, 1.82) is 0 Å². The standard InChI is InChI=1S/C26H46N4O5Si2/c1-12-32-22(31)13-18-23-24(28-16-27-18)30(17-29-23)21-14-19(35-37(10,11)26(5,6)7)20(34-21)15-33-36(8,9)25(2,3)4/h16-17,19-21H,12-15H2,1-11H3/t19-,20+,21+/m0/s1. The zero-order valence-corrected chi connectivity index (χ0v) is 26.5. The van der Waals surface area contributed by atoms with Crippen molar-refractivity contribution in [2.45, 2.75) is 116 Å². The van der Waals surface area contributed by atoms with Crippen molar-refractivity contribution in [2.24, 2.45) is 0 Å². The van der Waals surface area contributed by atoms with E-state index in [1.807, 2.05) is 4.57 Å². The molecular weight excluding hydrogens is 504 g/mol. The summed E-state index contributed by atoms with van der Waals surface area (Å²) in [6.45, 7) is 25.1. The molecule has 3 rings (SSSR count). The third-order valence-corrected chi connectivity index (χ3v) is 17.2. The Morgan fingerprint density at radius 2 is 1.70 bits per heavy atom. The van der Waals surface area contributed by atoms with Crippen molar-refractivity contribution in [1.82, 2.24) is 19.5 Å². The summed E-state index contributed by atoms with van der Waals surface area (Å²) in [6.07, 6.45) is 3.29. The number of carbonyl (C=O) groups excluding carboxylic acids is 1. The van der Waals surface area contributed by atoms with E-state index in [0.29, 0.717) is 36.5 Å². The van der Waals surface area contributed by atoms with E-state index >= 15 is 0 Å². The molecule has 0 N–H and O–H groups in total. The largest absolute Gasteiger partial charge is 0.466 e. The van der Waals surface area contributed by atoms with Crippen molar-refractivity contribution in [3.63, 3.8) is 0 Å². The first-order valence-corrected chi connectivity index (χ1v) is 19.1. The maximum atomic E-state index is 12.1. The second-order valence-corrected chi connectivity index (χ2v) is 22.5. The highest BCUT2D eigenvalue weighted by Gasteiger charge is 2.46. The quantitative estimate of drug-likeness (QED) is 0.293. The fraction of sp³-hybridized carbons (Fsp3) is 0.769. The first-order chi connectivity index (χ1) is 17.0. The Labute approximate surface area is 223 Å². The minimum atomic E-state index is -2.05. The molecule has 0 amide bonds. The van der Waals surface area contributed by atoms with E-state index in [1.54, 1.807) is 13.3 Å². The Morgan fingerprint density at radius 3 is 2.30 bits per heavy atom. The SMILES string of the molecule is CCOC(=O)Cc1ncnc2c1ncn2[C@H]1C[C@H](O[Si](C)(C)C(C)(C)C)[C@@H](CO[Si](C)(C)C(C)(C)C)O1. The lowest BCUT2D eigenvalue weighted by Crippen LogP contribution is -2.48. The molecule has 0 spiro atoms. The van der Waals surface area contributed by atoms with Crippen LogP contribution in [0, 0.1) is 0 Å². The van der Waals surface area contributed by atoms with Crippen LogP contribution < -0.4 is 0 Å². The number of hydrogen-bond donors (Lipinski definition) is 0. The van der Waals surface area contributed by atoms with Gasteiger partial charge in [0, 0.05) is 6.42 Å². The Bertz CT molecular complexity index is 1090. The molecular formula is C26H46N4O5Si2. The van der Waals surface area contributed by atoms with Gasteiger partial charge in [-0.3, -0.25) is 9.36 Å². The first-order valence-electron chi connectivity index (χ1n) is 13.3. The fourth-order valence-corrected chi connectivity index (χ4v) is 6.17. The van der Waals surface area contributed by atoms with Crippen molar-refractivity contribution >= 4 is 33.8 Å². The van der Waals surface area contributed by atoms with Crippen LogP contribution in [-0.4, -0.2) is 67.5 Å². The molecule has 9 nitrogen and oxygen atoms in total. The van der Waals surface area contributed by atoms with Crippen LogP contribution in [0.2, 0.25) is 36.3 Å². The second-order valence-electron chi connectivity index (χ2n) is 13.0. The van der Waals surface area contributed by atoms with Crippen LogP contribution in [0.15, 0.2) is 12.7 Å². The molecule has 0 bridgehead atoms. The summed E-state index contributed by atoms with van der Waals surface area (Å²) in [5.74, 6) is -0.333. The van der Waals surface area contributed by atoms with Gasteiger partial charge in [0.25, 0.3) is 0 Å². The van der Waals surface area contributed by atoms with Gasteiger partial charge >= 0.3 is 5.97 Å². The number of hydrogen-bond acceptors (Lipinski definition) is 8. The van der Waals surface area contributed by atoms with Crippen LogP contribution in [-0.2, 0) is 29.5 Å². The number of imidazole rings is 1. The fourth-order valence-electron chi connectivity index (χ4n) is 3.80. The molecule has 11 heteroatoms.